The molecule has 1 aromatic carbocycles. The van der Waals surface area contributed by atoms with Crippen molar-refractivity contribution in [2.75, 3.05) is 18.4 Å². The van der Waals surface area contributed by atoms with Crippen LogP contribution in [0.5, 0.6) is 0 Å². The second-order valence-corrected chi connectivity index (χ2v) is 7.65. The number of nitrogens with zero attached hydrogens (tertiary/aromatic N) is 1. The number of amides is 2. The Morgan fingerprint density at radius 3 is 2.57 bits per heavy atom. The molecule has 1 N–H and O–H groups in total. The zero-order valence-electron chi connectivity index (χ0n) is 14.9. The van der Waals surface area contributed by atoms with Gasteiger partial charge in [0.1, 0.15) is 0 Å². The van der Waals surface area contributed by atoms with E-state index in [-0.39, 0.29) is 17.7 Å². The first kappa shape index (κ1) is 17.5. The molecule has 0 unspecified atom stereocenters. The fourth-order valence-corrected chi connectivity index (χ4v) is 2.96. The number of hydrogen-bond acceptors (Lipinski definition) is 2. The van der Waals surface area contributed by atoms with Crippen LogP contribution in [-0.2, 0) is 9.59 Å². The maximum atomic E-state index is 12.6. The molecule has 1 saturated heterocycles. The highest BCUT2D eigenvalue weighted by Gasteiger charge is 2.33. The Hall–Kier alpha value is -1.84. The van der Waals surface area contributed by atoms with Crippen molar-refractivity contribution < 1.29 is 9.59 Å². The Kier molecular flexibility index (Phi) is 5.12. The van der Waals surface area contributed by atoms with Crippen LogP contribution in [0.3, 0.4) is 0 Å². The van der Waals surface area contributed by atoms with E-state index in [4.69, 9.17) is 0 Å². The minimum atomic E-state index is -0.397. The maximum absolute atomic E-state index is 12.6. The van der Waals surface area contributed by atoms with Crippen LogP contribution in [0.2, 0.25) is 0 Å². The number of rotatable bonds is 2. The van der Waals surface area contributed by atoms with Gasteiger partial charge in [-0.1, -0.05) is 32.9 Å². The summed E-state index contributed by atoms with van der Waals surface area (Å²) in [7, 11) is 0. The smallest absolute Gasteiger partial charge is 0.229 e. The largest absolute Gasteiger partial charge is 0.341 e. The normalized spacial score (nSPS) is 18.7. The summed E-state index contributed by atoms with van der Waals surface area (Å²) in [5, 5.41) is 3.04. The van der Waals surface area contributed by atoms with Crippen LogP contribution in [0.1, 0.15) is 44.7 Å². The van der Waals surface area contributed by atoms with E-state index >= 15 is 0 Å². The van der Waals surface area contributed by atoms with Crippen molar-refractivity contribution in [2.24, 2.45) is 11.3 Å². The van der Waals surface area contributed by atoms with Crippen molar-refractivity contribution in [1.82, 2.24) is 4.90 Å². The van der Waals surface area contributed by atoms with Crippen molar-refractivity contribution >= 4 is 17.5 Å². The van der Waals surface area contributed by atoms with E-state index in [0.29, 0.717) is 6.54 Å². The lowest BCUT2D eigenvalue weighted by molar-refractivity contribution is -0.142. The third-order valence-electron chi connectivity index (χ3n) is 4.37. The second kappa shape index (κ2) is 6.73. The van der Waals surface area contributed by atoms with Crippen LogP contribution in [-0.4, -0.2) is 29.8 Å². The third-order valence-corrected chi connectivity index (χ3v) is 4.37. The van der Waals surface area contributed by atoms with Gasteiger partial charge in [0, 0.05) is 24.2 Å². The average Bonchev–Trinajstić information content (AvgIpc) is 2.49. The Morgan fingerprint density at radius 1 is 1.22 bits per heavy atom. The number of carbonyl (C=O) groups excluding carboxylic acids is 2. The number of anilines is 1. The molecule has 23 heavy (non-hydrogen) atoms. The number of carbonyl (C=O) groups is 2. The highest BCUT2D eigenvalue weighted by Crippen LogP contribution is 2.25. The number of hydrogen-bond donors (Lipinski definition) is 1. The molecular weight excluding hydrogens is 288 g/mol. The molecule has 1 aliphatic rings. The number of benzene rings is 1. The van der Waals surface area contributed by atoms with Gasteiger partial charge in [-0.2, -0.15) is 0 Å². The Balaban J connectivity index is 2.05. The highest BCUT2D eigenvalue weighted by molar-refractivity contribution is 5.94. The summed E-state index contributed by atoms with van der Waals surface area (Å²) in [6.07, 6.45) is 1.72. The molecule has 4 nitrogen and oxygen atoms in total. The maximum Gasteiger partial charge on any atom is 0.229 e. The van der Waals surface area contributed by atoms with Crippen LogP contribution in [0.4, 0.5) is 5.69 Å². The summed E-state index contributed by atoms with van der Waals surface area (Å²) in [5.41, 5.74) is 2.65. The average molecular weight is 316 g/mol. The first-order valence-electron chi connectivity index (χ1n) is 8.36. The molecule has 0 bridgehead atoms. The molecule has 1 aromatic rings. The molecule has 1 aliphatic heterocycles. The number of likely N-dealkylation sites (tertiary alicyclic amines) is 1. The molecule has 1 fully saturated rings. The lowest BCUT2D eigenvalue weighted by Gasteiger charge is -2.36. The summed E-state index contributed by atoms with van der Waals surface area (Å²) in [6.45, 7) is 11.1. The van der Waals surface area contributed by atoms with E-state index in [1.807, 2.05) is 57.7 Å². The third kappa shape index (κ3) is 4.34. The van der Waals surface area contributed by atoms with Gasteiger partial charge >= 0.3 is 0 Å². The molecule has 126 valence electrons. The molecule has 0 radical (unpaired) electrons. The molecule has 2 rings (SSSR count). The molecular formula is C19H28N2O2. The highest BCUT2D eigenvalue weighted by atomic mass is 16.2. The lowest BCUT2D eigenvalue weighted by Crippen LogP contribution is -2.47. The first-order chi connectivity index (χ1) is 10.7. The van der Waals surface area contributed by atoms with Gasteiger partial charge in [0.15, 0.2) is 0 Å². The Labute approximate surface area is 139 Å². The van der Waals surface area contributed by atoms with Crippen molar-refractivity contribution in [3.8, 4) is 0 Å². The summed E-state index contributed by atoms with van der Waals surface area (Å²) in [4.78, 5) is 26.9. The van der Waals surface area contributed by atoms with Gasteiger partial charge < -0.3 is 10.2 Å². The molecule has 0 spiro atoms. The second-order valence-electron chi connectivity index (χ2n) is 7.65. The quantitative estimate of drug-likeness (QED) is 0.907. The number of piperidine rings is 1. The van der Waals surface area contributed by atoms with Gasteiger partial charge in [0.2, 0.25) is 11.8 Å². The van der Waals surface area contributed by atoms with E-state index in [0.717, 1.165) is 36.2 Å². The van der Waals surface area contributed by atoms with E-state index in [9.17, 15) is 9.59 Å². The summed E-state index contributed by atoms with van der Waals surface area (Å²) >= 11 is 0. The van der Waals surface area contributed by atoms with Gasteiger partial charge in [-0.05, 0) is 43.9 Å². The van der Waals surface area contributed by atoms with Gasteiger partial charge in [0.05, 0.1) is 5.92 Å². The molecule has 2 amide bonds. The van der Waals surface area contributed by atoms with E-state index < -0.39 is 5.41 Å². The zero-order valence-corrected chi connectivity index (χ0v) is 14.9. The first-order valence-corrected chi connectivity index (χ1v) is 8.36. The fourth-order valence-electron chi connectivity index (χ4n) is 2.96. The van der Waals surface area contributed by atoms with Gasteiger partial charge in [-0.15, -0.1) is 0 Å². The topological polar surface area (TPSA) is 49.4 Å². The van der Waals surface area contributed by atoms with Crippen LogP contribution < -0.4 is 5.32 Å². The molecule has 0 saturated carbocycles. The molecule has 1 atom stereocenters. The summed E-state index contributed by atoms with van der Waals surface area (Å²) < 4.78 is 0. The predicted molar refractivity (Wildman–Crippen MR) is 93.3 cm³/mol. The van der Waals surface area contributed by atoms with E-state index in [1.165, 1.54) is 0 Å². The van der Waals surface area contributed by atoms with Crippen LogP contribution in [0.15, 0.2) is 18.2 Å². The summed E-state index contributed by atoms with van der Waals surface area (Å²) in [6, 6.07) is 6.05. The van der Waals surface area contributed by atoms with Crippen molar-refractivity contribution in [3.63, 3.8) is 0 Å². The lowest BCUT2D eigenvalue weighted by atomic mass is 9.91. The van der Waals surface area contributed by atoms with E-state index in [2.05, 4.69) is 5.32 Å². The van der Waals surface area contributed by atoms with E-state index in [1.54, 1.807) is 0 Å². The Morgan fingerprint density at radius 2 is 1.91 bits per heavy atom. The van der Waals surface area contributed by atoms with Gasteiger partial charge in [-0.25, -0.2) is 0 Å². The van der Waals surface area contributed by atoms with Crippen molar-refractivity contribution in [3.05, 3.63) is 29.3 Å². The SMILES string of the molecule is Cc1ccc(C)c(NC(=O)[C@H]2CCCN(C(=O)C(C)(C)C)C2)c1. The van der Waals surface area contributed by atoms with Gasteiger partial charge in [0.25, 0.3) is 0 Å². The van der Waals surface area contributed by atoms with Crippen molar-refractivity contribution in [1.29, 1.82) is 0 Å². The standard InChI is InChI=1S/C19H28N2O2/c1-13-8-9-14(2)16(11-13)20-17(22)15-7-6-10-21(12-15)18(23)19(3,4)5/h8-9,11,15H,6-7,10,12H2,1-5H3,(H,20,22)/t15-/m0/s1. The minimum Gasteiger partial charge on any atom is -0.341 e. The zero-order chi connectivity index (χ0) is 17.2. The Bertz CT molecular complexity index is 602. The molecule has 0 aliphatic carbocycles. The fraction of sp³-hybridized carbons (Fsp3) is 0.579. The number of aryl methyl sites for hydroxylation is 2. The van der Waals surface area contributed by atoms with Crippen LogP contribution in [0, 0.1) is 25.2 Å². The van der Waals surface area contributed by atoms with Gasteiger partial charge in [-0.3, -0.25) is 9.59 Å². The summed E-state index contributed by atoms with van der Waals surface area (Å²) in [5.74, 6) is 0.0156. The molecule has 4 heteroatoms. The minimum absolute atomic E-state index is 0.0186. The number of nitrogens with one attached hydrogen (secondary N) is 1. The van der Waals surface area contributed by atoms with Crippen molar-refractivity contribution in [2.45, 2.75) is 47.5 Å². The van der Waals surface area contributed by atoms with Crippen LogP contribution >= 0.6 is 0 Å². The monoisotopic (exact) mass is 316 g/mol. The molecule has 0 aromatic heterocycles. The predicted octanol–water partition coefficient (Wildman–Crippen LogP) is 3.53. The molecule has 1 heterocycles. The van der Waals surface area contributed by atoms with Crippen LogP contribution in [0.25, 0.3) is 0 Å².